The van der Waals surface area contributed by atoms with Crippen LogP contribution in [0.4, 0.5) is 0 Å². The van der Waals surface area contributed by atoms with Gasteiger partial charge in [-0.3, -0.25) is 4.79 Å². The van der Waals surface area contributed by atoms with Gasteiger partial charge in [0.1, 0.15) is 5.41 Å². The molecule has 0 heterocycles. The van der Waals surface area contributed by atoms with E-state index in [1.165, 1.54) is 0 Å². The molecule has 5 nitrogen and oxygen atoms in total. The molecule has 0 saturated heterocycles. The predicted octanol–water partition coefficient (Wildman–Crippen LogP) is 2.58. The van der Waals surface area contributed by atoms with Crippen LogP contribution in [0.3, 0.4) is 0 Å². The summed E-state index contributed by atoms with van der Waals surface area (Å²) >= 11 is 0. The first-order valence-electron chi connectivity index (χ1n) is 7.16. The highest BCUT2D eigenvalue weighted by molar-refractivity contribution is 6.06. The summed E-state index contributed by atoms with van der Waals surface area (Å²) in [6, 6.07) is 0.145. The van der Waals surface area contributed by atoms with E-state index in [1.54, 1.807) is 11.9 Å². The first-order chi connectivity index (χ1) is 8.91. The van der Waals surface area contributed by atoms with Crippen LogP contribution in [-0.2, 0) is 4.79 Å². The van der Waals surface area contributed by atoms with Crippen LogP contribution < -0.4 is 5.73 Å². The highest BCUT2D eigenvalue weighted by atomic mass is 16.4. The Morgan fingerprint density at radius 3 is 2.11 bits per heavy atom. The number of carbonyl (C=O) groups is 1. The number of nitrogens with two attached hydrogens (primary N) is 1. The van der Waals surface area contributed by atoms with E-state index >= 15 is 0 Å². The number of carbonyl (C=O) groups excluding carboxylic acids is 1. The fraction of sp³-hybridized carbons (Fsp3) is 0.857. The van der Waals surface area contributed by atoms with Gasteiger partial charge in [0.2, 0.25) is 5.91 Å². The minimum Gasteiger partial charge on any atom is -0.409 e. The van der Waals surface area contributed by atoms with E-state index in [2.05, 4.69) is 5.16 Å². The lowest BCUT2D eigenvalue weighted by Gasteiger charge is -2.37. The van der Waals surface area contributed by atoms with Gasteiger partial charge in [0, 0.05) is 13.1 Å². The molecule has 0 aromatic heterocycles. The van der Waals surface area contributed by atoms with Gasteiger partial charge in [-0.1, -0.05) is 38.8 Å². The van der Waals surface area contributed by atoms with Crippen LogP contribution >= 0.6 is 0 Å². The Morgan fingerprint density at radius 2 is 1.79 bits per heavy atom. The number of hydrogen-bond donors (Lipinski definition) is 2. The molecule has 0 rings (SSSR count). The van der Waals surface area contributed by atoms with Gasteiger partial charge < -0.3 is 15.8 Å². The van der Waals surface area contributed by atoms with Crippen molar-refractivity contribution in [2.75, 3.05) is 7.05 Å². The average Bonchev–Trinajstić information content (AvgIpc) is 2.43. The number of rotatable bonds is 8. The topological polar surface area (TPSA) is 78.9 Å². The maximum absolute atomic E-state index is 12.8. The number of oxime groups is 1. The molecule has 112 valence electrons. The zero-order valence-corrected chi connectivity index (χ0v) is 12.9. The molecule has 1 unspecified atom stereocenters. The van der Waals surface area contributed by atoms with Gasteiger partial charge in [0.25, 0.3) is 0 Å². The third-order valence-corrected chi connectivity index (χ3v) is 3.93. The summed E-state index contributed by atoms with van der Waals surface area (Å²) in [7, 11) is 1.79. The minimum atomic E-state index is -0.865. The van der Waals surface area contributed by atoms with Crippen molar-refractivity contribution in [1.82, 2.24) is 4.90 Å². The third kappa shape index (κ3) is 3.85. The Labute approximate surface area is 116 Å². The van der Waals surface area contributed by atoms with E-state index in [0.717, 1.165) is 19.3 Å². The quantitative estimate of drug-likeness (QED) is 0.308. The maximum atomic E-state index is 12.8. The van der Waals surface area contributed by atoms with Crippen LogP contribution in [0.1, 0.15) is 59.8 Å². The molecular formula is C14H29N3O2. The molecule has 5 heteroatoms. The Morgan fingerprint density at radius 1 is 1.32 bits per heavy atom. The Hall–Kier alpha value is -1.26. The van der Waals surface area contributed by atoms with Crippen LogP contribution in [0.15, 0.2) is 5.16 Å². The lowest BCUT2D eigenvalue weighted by Crippen LogP contribution is -2.52. The SMILES string of the molecule is CCCC(CCC)(C(=O)N(C)C(C)CC)C(N)=NO. The zero-order valence-electron chi connectivity index (χ0n) is 12.9. The van der Waals surface area contributed by atoms with Crippen LogP contribution in [0.2, 0.25) is 0 Å². The van der Waals surface area contributed by atoms with Crippen molar-refractivity contribution < 1.29 is 10.0 Å². The van der Waals surface area contributed by atoms with E-state index in [9.17, 15) is 4.79 Å². The summed E-state index contributed by atoms with van der Waals surface area (Å²) in [5, 5.41) is 12.2. The molecule has 19 heavy (non-hydrogen) atoms. The van der Waals surface area contributed by atoms with Gasteiger partial charge in [-0.25, -0.2) is 0 Å². The molecule has 0 radical (unpaired) electrons. The van der Waals surface area contributed by atoms with Crippen LogP contribution in [-0.4, -0.2) is 34.9 Å². The second-order valence-electron chi connectivity index (χ2n) is 5.24. The van der Waals surface area contributed by atoms with Crippen molar-refractivity contribution in [2.24, 2.45) is 16.3 Å². The first-order valence-corrected chi connectivity index (χ1v) is 7.16. The van der Waals surface area contributed by atoms with Crippen LogP contribution in [0.25, 0.3) is 0 Å². The molecule has 0 aromatic rings. The molecule has 0 aliphatic heterocycles. The van der Waals surface area contributed by atoms with E-state index in [0.29, 0.717) is 12.8 Å². The Balaban J connectivity index is 5.49. The van der Waals surface area contributed by atoms with Crippen molar-refractivity contribution >= 4 is 11.7 Å². The molecule has 1 atom stereocenters. The molecule has 3 N–H and O–H groups in total. The summed E-state index contributed by atoms with van der Waals surface area (Å²) in [6.45, 7) is 8.06. The second kappa shape index (κ2) is 8.02. The van der Waals surface area contributed by atoms with Crippen LogP contribution in [0, 0.1) is 5.41 Å². The van der Waals surface area contributed by atoms with Crippen molar-refractivity contribution in [3.63, 3.8) is 0 Å². The number of amidine groups is 1. The molecule has 0 saturated carbocycles. The van der Waals surface area contributed by atoms with Gasteiger partial charge in [-0.05, 0) is 26.2 Å². The molecule has 0 aromatic carbocycles. The molecule has 0 fully saturated rings. The fourth-order valence-corrected chi connectivity index (χ4v) is 2.47. The predicted molar refractivity (Wildman–Crippen MR) is 78.2 cm³/mol. The van der Waals surface area contributed by atoms with Gasteiger partial charge in [0.05, 0.1) is 0 Å². The van der Waals surface area contributed by atoms with E-state index in [1.807, 2.05) is 27.7 Å². The van der Waals surface area contributed by atoms with E-state index < -0.39 is 5.41 Å². The standard InChI is InChI=1S/C14H29N3O2/c1-6-9-14(10-7-2,12(15)16-19)13(18)17(5)11(4)8-3/h11,19H,6-10H2,1-5H3,(H2,15,16). The van der Waals surface area contributed by atoms with Crippen molar-refractivity contribution in [3.05, 3.63) is 0 Å². The monoisotopic (exact) mass is 271 g/mol. The zero-order chi connectivity index (χ0) is 15.1. The smallest absolute Gasteiger partial charge is 0.236 e. The summed E-state index contributed by atoms with van der Waals surface area (Å²) in [5.41, 5.74) is 4.99. The summed E-state index contributed by atoms with van der Waals surface area (Å²) in [5.74, 6) is -0.00259. The van der Waals surface area contributed by atoms with Gasteiger partial charge in [0.15, 0.2) is 5.84 Å². The molecule has 0 bridgehead atoms. The fourth-order valence-electron chi connectivity index (χ4n) is 2.47. The van der Waals surface area contributed by atoms with E-state index in [-0.39, 0.29) is 17.8 Å². The largest absolute Gasteiger partial charge is 0.409 e. The lowest BCUT2D eigenvalue weighted by atomic mass is 9.76. The molecule has 0 aliphatic rings. The molecule has 0 spiro atoms. The normalized spacial score (nSPS) is 14.3. The summed E-state index contributed by atoms with van der Waals surface area (Å²) < 4.78 is 0. The van der Waals surface area contributed by atoms with Crippen LogP contribution in [0.5, 0.6) is 0 Å². The van der Waals surface area contributed by atoms with E-state index in [4.69, 9.17) is 10.9 Å². The molecular weight excluding hydrogens is 242 g/mol. The van der Waals surface area contributed by atoms with Crippen molar-refractivity contribution in [1.29, 1.82) is 0 Å². The summed E-state index contributed by atoms with van der Waals surface area (Å²) in [4.78, 5) is 14.5. The first kappa shape index (κ1) is 17.7. The van der Waals surface area contributed by atoms with Crippen molar-refractivity contribution in [2.45, 2.75) is 65.8 Å². The summed E-state index contributed by atoms with van der Waals surface area (Å²) in [6.07, 6.45) is 3.73. The molecule has 0 aliphatic carbocycles. The van der Waals surface area contributed by atoms with Gasteiger partial charge in [-0.15, -0.1) is 0 Å². The van der Waals surface area contributed by atoms with Gasteiger partial charge in [-0.2, -0.15) is 0 Å². The molecule has 1 amide bonds. The lowest BCUT2D eigenvalue weighted by molar-refractivity contribution is -0.139. The number of hydrogen-bond acceptors (Lipinski definition) is 3. The minimum absolute atomic E-state index is 0.0383. The highest BCUT2D eigenvalue weighted by Gasteiger charge is 2.43. The second-order valence-corrected chi connectivity index (χ2v) is 5.24. The Bertz CT molecular complexity index is 310. The highest BCUT2D eigenvalue weighted by Crippen LogP contribution is 2.33. The number of nitrogens with zero attached hydrogens (tertiary/aromatic N) is 2. The third-order valence-electron chi connectivity index (χ3n) is 3.93. The van der Waals surface area contributed by atoms with Gasteiger partial charge >= 0.3 is 0 Å². The Kier molecular flexibility index (Phi) is 7.49. The number of amides is 1. The van der Waals surface area contributed by atoms with Crippen molar-refractivity contribution in [3.8, 4) is 0 Å². The maximum Gasteiger partial charge on any atom is 0.236 e. The average molecular weight is 271 g/mol.